The average Bonchev–Trinajstić information content (AvgIpc) is 1.72. The Balaban J connectivity index is -0.00000161. The Morgan fingerprint density at radius 3 is 0.699 bits per heavy atom. The second-order valence-corrected chi connectivity index (χ2v) is 43.1. The van der Waals surface area contributed by atoms with E-state index in [1.54, 1.807) is 0 Å². The third-order valence-electron chi connectivity index (χ3n) is 30.5. The van der Waals surface area contributed by atoms with Gasteiger partial charge in [-0.25, -0.2) is 0 Å². The largest absolute Gasteiger partial charge is 0.481 e. The number of hydrogen-bond acceptors (Lipinski definition) is 15. The van der Waals surface area contributed by atoms with Crippen molar-refractivity contribution in [3.05, 3.63) is 0 Å². The number of carbonyl (C=O) groups is 10. The van der Waals surface area contributed by atoms with E-state index in [4.69, 9.17) is 21.9 Å². The number of carbonyl (C=O) groups excluding carboxylic acids is 6. The van der Waals surface area contributed by atoms with Gasteiger partial charge in [-0.05, 0) is 231 Å². The van der Waals surface area contributed by atoms with E-state index in [1.165, 1.54) is 57.8 Å². The molecule has 8 aliphatic rings. The first-order chi connectivity index (χ1) is 63.3. The van der Waals surface area contributed by atoms with Crippen molar-refractivity contribution in [3.63, 3.8) is 0 Å². The van der Waals surface area contributed by atoms with Gasteiger partial charge in [0.15, 0.2) is 0 Å². The zero-order valence-corrected chi connectivity index (χ0v) is 87.3. The Labute approximate surface area is 838 Å². The van der Waals surface area contributed by atoms with Crippen molar-refractivity contribution in [1.29, 1.82) is 0 Å². The van der Waals surface area contributed by atoms with Gasteiger partial charge in [-0.3, -0.25) is 52.6 Å². The van der Waals surface area contributed by atoms with Crippen LogP contribution in [0.2, 0.25) is 0 Å². The minimum absolute atomic E-state index is 0. The summed E-state index contributed by atoms with van der Waals surface area (Å²) < 4.78 is 31.8. The van der Waals surface area contributed by atoms with Crippen LogP contribution in [0.25, 0.3) is 0 Å². The third kappa shape index (κ3) is 52.7. The smallest absolute Gasteiger partial charge is 0.312 e. The SMILES string of the molecule is BrCCCCCBr.C.C.C.CCCCOC(=O)C1(CCCCCBr)CCCC1.CCCCOC(=O)C1(CCCCCC(=O)CCCCCC2(C(=O)OCCCC)CCCC2)CCCC1.CCCCOC(=O)C1CCCC1.F.O=C(CCCCCC1(C(=O)O)CCCC1)CCCCCC1(C(=O)O)CCCC1.O=C(O)C1(CCCCCC(O)CCCCCC2(C(=O)O)CCCC2)CCCC1.[2H][2H]. The number of halogens is 4. The van der Waals surface area contributed by atoms with Gasteiger partial charge in [-0.1, -0.05) is 335 Å². The number of carboxylic acids is 4. The molecule has 0 aromatic rings. The summed E-state index contributed by atoms with van der Waals surface area (Å²) in [5.41, 5.74) is -2.54. The number of aliphatic hydroxyl groups is 1. The van der Waals surface area contributed by atoms with E-state index in [1.807, 2.05) is 0 Å². The van der Waals surface area contributed by atoms with E-state index in [-0.39, 0.29) is 79.1 Å². The molecule has 0 aliphatic heterocycles. The van der Waals surface area contributed by atoms with Crippen molar-refractivity contribution in [1.82, 2.24) is 0 Å². The Kier molecular flexibility index (Phi) is 76.9. The number of rotatable bonds is 65. The Hall–Kier alpha value is -3.57. The number of unbranched alkanes of at least 4 members (excludes halogenated alkanes) is 20. The molecular formula is C110H202Br3FO19. The lowest BCUT2D eigenvalue weighted by atomic mass is 9.80. The van der Waals surface area contributed by atoms with Gasteiger partial charge in [0, 0.05) is 44.6 Å². The average molecular weight is 2090 g/mol. The summed E-state index contributed by atoms with van der Waals surface area (Å²) >= 11 is 10.2. The Morgan fingerprint density at radius 1 is 0.286 bits per heavy atom. The fourth-order valence-corrected chi connectivity index (χ4v) is 22.9. The van der Waals surface area contributed by atoms with Gasteiger partial charge in [0.2, 0.25) is 0 Å². The van der Waals surface area contributed by atoms with Crippen LogP contribution in [0.15, 0.2) is 0 Å². The van der Waals surface area contributed by atoms with Crippen LogP contribution in [0.1, 0.15) is 547 Å². The first kappa shape index (κ1) is 129. The highest BCUT2D eigenvalue weighted by atomic mass is 79.9. The molecule has 0 radical (unpaired) electrons. The van der Waals surface area contributed by atoms with Crippen LogP contribution in [0.5, 0.6) is 0 Å². The molecule has 0 saturated heterocycles. The number of aliphatic carboxylic acids is 4. The fraction of sp³-hybridized carbons (Fsp3) is 0.909. The fourth-order valence-electron chi connectivity index (χ4n) is 21.7. The number of aliphatic hydroxyl groups excluding tert-OH is 1. The number of carboxylic acid groups (broad SMARTS) is 4. The van der Waals surface area contributed by atoms with Gasteiger partial charge in [0.1, 0.15) is 11.6 Å². The molecule has 0 atom stereocenters. The van der Waals surface area contributed by atoms with Crippen molar-refractivity contribution in [2.24, 2.45) is 43.8 Å². The lowest BCUT2D eigenvalue weighted by Gasteiger charge is -2.26. The number of esters is 4. The van der Waals surface area contributed by atoms with Crippen molar-refractivity contribution < 1.29 is 100 Å². The molecule has 19 nitrogen and oxygen atoms in total. The van der Waals surface area contributed by atoms with E-state index < -0.39 is 45.5 Å². The molecule has 23 heteroatoms. The van der Waals surface area contributed by atoms with Gasteiger partial charge < -0.3 is 44.5 Å². The normalized spacial score (nSPS) is 18.2. The highest BCUT2D eigenvalue weighted by Crippen LogP contribution is 2.50. The zero-order valence-electron chi connectivity index (χ0n) is 84.5. The molecule has 8 fully saturated rings. The predicted molar refractivity (Wildman–Crippen MR) is 555 cm³/mol. The summed E-state index contributed by atoms with van der Waals surface area (Å²) in [6, 6.07) is 0. The molecule has 0 aromatic heterocycles. The van der Waals surface area contributed by atoms with Crippen LogP contribution >= 0.6 is 47.8 Å². The maximum Gasteiger partial charge on any atom is 0.312 e. The lowest BCUT2D eigenvalue weighted by Crippen LogP contribution is -2.30. The summed E-state index contributed by atoms with van der Waals surface area (Å²) in [4.78, 5) is 119. The molecule has 133 heavy (non-hydrogen) atoms. The molecule has 0 bridgehead atoms. The Bertz CT molecular complexity index is 2860. The quantitative estimate of drug-likeness (QED) is 0.0163. The summed E-state index contributed by atoms with van der Waals surface area (Å²) in [7, 11) is 0. The van der Waals surface area contributed by atoms with Crippen LogP contribution < -0.4 is 0 Å². The van der Waals surface area contributed by atoms with Crippen LogP contribution in [0.4, 0.5) is 4.70 Å². The second kappa shape index (κ2) is 79.0. The van der Waals surface area contributed by atoms with Crippen LogP contribution in [-0.2, 0) is 66.9 Å². The topological polar surface area (TPSA) is 309 Å². The summed E-state index contributed by atoms with van der Waals surface area (Å²) in [5, 5.41) is 51.5. The molecule has 0 spiro atoms. The Morgan fingerprint density at radius 2 is 0.481 bits per heavy atom. The summed E-state index contributed by atoms with van der Waals surface area (Å²) in [6.45, 7) is 10.8. The van der Waals surface area contributed by atoms with E-state index in [9.17, 15) is 73.5 Å². The maximum atomic E-state index is 12.7. The van der Waals surface area contributed by atoms with Gasteiger partial charge in [0.05, 0.1) is 76.4 Å². The van der Waals surface area contributed by atoms with E-state index in [0.29, 0.717) is 63.7 Å². The summed E-state index contributed by atoms with van der Waals surface area (Å²) in [6.07, 6.45) is 74.7. The van der Waals surface area contributed by atoms with Crippen LogP contribution in [-0.4, -0.2) is 133 Å². The molecule has 8 rings (SSSR count). The molecule has 8 aliphatic carbocycles. The van der Waals surface area contributed by atoms with E-state index in [2.05, 4.69) is 75.5 Å². The van der Waals surface area contributed by atoms with Crippen molar-refractivity contribution in [2.45, 2.75) is 550 Å². The van der Waals surface area contributed by atoms with Gasteiger partial charge in [-0.2, -0.15) is 0 Å². The minimum Gasteiger partial charge on any atom is -0.481 e. The highest BCUT2D eigenvalue weighted by molar-refractivity contribution is 9.09. The molecular weight excluding hydrogens is 1880 g/mol. The number of alkyl halides is 3. The van der Waals surface area contributed by atoms with Crippen molar-refractivity contribution in [3.8, 4) is 0 Å². The standard InChI is InChI=1S/C31H54O5.C23H40O5.C23H38O5.C15H27BrO2.C10H18O2.C5H10Br2.3CH4.FH.H2/c1-3-5-25-35-28(33)30(21-13-14-22-30)19-11-7-9-17-27(32)18-10-8-12-20-31(23-15-16-24-31)29(34)36-26-6-4-2;2*24-19(11-3-1-5-13-22(20(25)26)15-7-8-16-22)12-4-2-6-14-23(21(27)28)17-9-10-18-23;1-2-3-13-18-14(17)15(10-6-7-11-15)9-5-4-8-12-16;1-2-3-8-12-10(11)9-6-4-5-7-9;6-4-2-1-3-5-7;;;;;/h3-26H2,1-2H3;19,24H,1-18H2,(H,25,26)(H,27,28);1-18H2,(H,25,26)(H,27,28);2-13H2,1H3;9H,2-8H2,1H3;1-5H2;3*1H4;2*1H/i;;;;;;;;;;1+1D. The van der Waals surface area contributed by atoms with Crippen molar-refractivity contribution in [2.75, 3.05) is 42.4 Å². The molecule has 0 heterocycles. The number of ketones is 2. The van der Waals surface area contributed by atoms with Crippen LogP contribution in [0.3, 0.4) is 0 Å². The molecule has 0 unspecified atom stereocenters. The van der Waals surface area contributed by atoms with Gasteiger partial charge >= 0.3 is 47.8 Å². The predicted octanol–water partition coefficient (Wildman–Crippen LogP) is 32.2. The molecule has 784 valence electrons. The first-order valence-electron chi connectivity index (χ1n) is 54.3. The molecule has 0 aromatic carbocycles. The monoisotopic (exact) mass is 2090 g/mol. The lowest BCUT2D eigenvalue weighted by molar-refractivity contribution is -0.157. The van der Waals surface area contributed by atoms with Crippen LogP contribution in [0, 0.1) is 43.8 Å². The highest BCUT2D eigenvalue weighted by Gasteiger charge is 2.47. The molecule has 0 amide bonds. The number of hydrogen-bond donors (Lipinski definition) is 5. The van der Waals surface area contributed by atoms with Gasteiger partial charge in [0.25, 0.3) is 0 Å². The third-order valence-corrected chi connectivity index (χ3v) is 32.2. The van der Waals surface area contributed by atoms with Crippen molar-refractivity contribution >= 4 is 107 Å². The maximum absolute atomic E-state index is 12.7. The molecule has 8 saturated carbocycles. The second-order valence-electron chi connectivity index (χ2n) is 40.7. The van der Waals surface area contributed by atoms with E-state index in [0.717, 1.165) is 427 Å². The first-order valence-corrected chi connectivity index (χ1v) is 56.7. The zero-order chi connectivity index (χ0) is 96.7. The number of Topliss-reactive ketones (excluding diaryl/α,β-unsaturated/α-hetero) is 2. The minimum atomic E-state index is -0.636. The van der Waals surface area contributed by atoms with Gasteiger partial charge in [-0.15, -0.1) is 0 Å². The van der Waals surface area contributed by atoms with E-state index >= 15 is 0 Å². The number of ether oxygens (including phenoxy) is 4. The summed E-state index contributed by atoms with van der Waals surface area (Å²) in [5.74, 6) is -1.44. The molecule has 5 N–H and O–H groups in total.